The quantitative estimate of drug-likeness (QED) is 0.616. The molecule has 2 rings (SSSR count). The SMILES string of the molecule is CCC=NC(=NC1C=C(C)N1)NC1CCC(N(C)C)CC1. The van der Waals surface area contributed by atoms with E-state index in [1.807, 2.05) is 6.21 Å². The summed E-state index contributed by atoms with van der Waals surface area (Å²) in [7, 11) is 4.35. The fraction of sp³-hybridized carbons (Fsp3) is 0.750. The highest BCUT2D eigenvalue weighted by Crippen LogP contribution is 2.21. The molecule has 0 bridgehead atoms. The van der Waals surface area contributed by atoms with Crippen LogP contribution in [0.3, 0.4) is 0 Å². The van der Waals surface area contributed by atoms with Gasteiger partial charge < -0.3 is 15.5 Å². The Balaban J connectivity index is 1.89. The van der Waals surface area contributed by atoms with E-state index in [2.05, 4.69) is 59.5 Å². The Morgan fingerprint density at radius 1 is 1.38 bits per heavy atom. The van der Waals surface area contributed by atoms with E-state index < -0.39 is 0 Å². The fourth-order valence-corrected chi connectivity index (χ4v) is 2.87. The first-order valence-electron chi connectivity index (χ1n) is 8.06. The summed E-state index contributed by atoms with van der Waals surface area (Å²) in [4.78, 5) is 11.4. The third-order valence-electron chi connectivity index (χ3n) is 4.20. The van der Waals surface area contributed by atoms with E-state index in [9.17, 15) is 0 Å². The maximum atomic E-state index is 4.63. The third kappa shape index (κ3) is 4.84. The Labute approximate surface area is 128 Å². The highest BCUT2D eigenvalue weighted by Gasteiger charge is 2.23. The van der Waals surface area contributed by atoms with E-state index >= 15 is 0 Å². The van der Waals surface area contributed by atoms with Gasteiger partial charge in [0.25, 0.3) is 0 Å². The first-order chi connectivity index (χ1) is 10.1. The van der Waals surface area contributed by atoms with Gasteiger partial charge in [-0.25, -0.2) is 9.98 Å². The molecule has 0 aromatic carbocycles. The lowest BCUT2D eigenvalue weighted by molar-refractivity contribution is 0.211. The van der Waals surface area contributed by atoms with E-state index in [-0.39, 0.29) is 6.17 Å². The molecule has 1 fully saturated rings. The van der Waals surface area contributed by atoms with Gasteiger partial charge in [-0.2, -0.15) is 0 Å². The normalized spacial score (nSPS) is 30.0. The van der Waals surface area contributed by atoms with E-state index in [1.54, 1.807) is 0 Å². The van der Waals surface area contributed by atoms with Crippen LogP contribution < -0.4 is 10.6 Å². The summed E-state index contributed by atoms with van der Waals surface area (Å²) in [5, 5.41) is 6.79. The number of nitrogens with one attached hydrogen (secondary N) is 2. The van der Waals surface area contributed by atoms with Gasteiger partial charge >= 0.3 is 0 Å². The molecule has 1 saturated carbocycles. The molecule has 0 aromatic heterocycles. The Hall–Kier alpha value is -1.36. The molecule has 1 aliphatic carbocycles. The van der Waals surface area contributed by atoms with Crippen molar-refractivity contribution in [3.05, 3.63) is 11.8 Å². The summed E-state index contributed by atoms with van der Waals surface area (Å²) < 4.78 is 0. The lowest BCUT2D eigenvalue weighted by atomic mass is 9.90. The van der Waals surface area contributed by atoms with Gasteiger partial charge in [0.2, 0.25) is 5.96 Å². The maximum absolute atomic E-state index is 4.63. The summed E-state index contributed by atoms with van der Waals surface area (Å²) >= 11 is 0. The van der Waals surface area contributed by atoms with Crippen molar-refractivity contribution >= 4 is 12.2 Å². The van der Waals surface area contributed by atoms with Gasteiger partial charge in [0.05, 0.1) is 0 Å². The first kappa shape index (κ1) is 16.0. The monoisotopic (exact) mass is 291 g/mol. The number of guanidine groups is 1. The molecule has 2 aliphatic rings. The molecule has 0 amide bonds. The number of allylic oxidation sites excluding steroid dienone is 1. The Morgan fingerprint density at radius 3 is 2.57 bits per heavy atom. The van der Waals surface area contributed by atoms with E-state index in [4.69, 9.17) is 0 Å². The molecule has 2 N–H and O–H groups in total. The molecule has 5 heteroatoms. The summed E-state index contributed by atoms with van der Waals surface area (Å²) in [6.07, 6.45) is 9.93. The molecule has 5 nitrogen and oxygen atoms in total. The number of rotatable bonds is 4. The summed E-state index contributed by atoms with van der Waals surface area (Å²) in [6, 6.07) is 1.22. The largest absolute Gasteiger partial charge is 0.364 e. The van der Waals surface area contributed by atoms with Gasteiger partial charge in [-0.3, -0.25) is 0 Å². The average Bonchev–Trinajstić information content (AvgIpc) is 2.43. The Kier molecular flexibility index (Phi) is 5.79. The molecule has 1 unspecified atom stereocenters. The van der Waals surface area contributed by atoms with Gasteiger partial charge in [0.15, 0.2) is 0 Å². The molecular weight excluding hydrogens is 262 g/mol. The summed E-state index contributed by atoms with van der Waals surface area (Å²) in [5.74, 6) is 0.770. The van der Waals surface area contributed by atoms with Crippen LogP contribution in [0.1, 0.15) is 46.0 Å². The van der Waals surface area contributed by atoms with Gasteiger partial charge in [0.1, 0.15) is 6.17 Å². The van der Waals surface area contributed by atoms with Crippen molar-refractivity contribution in [2.45, 2.75) is 64.2 Å². The number of aliphatic imine (C=N–C) groups is 2. The second-order valence-electron chi connectivity index (χ2n) is 6.22. The molecule has 0 spiro atoms. The molecular formula is C16H29N5. The van der Waals surface area contributed by atoms with Crippen molar-refractivity contribution in [2.24, 2.45) is 9.98 Å². The van der Waals surface area contributed by atoms with Crippen LogP contribution in [-0.4, -0.2) is 49.4 Å². The smallest absolute Gasteiger partial charge is 0.220 e. The Morgan fingerprint density at radius 2 is 2.05 bits per heavy atom. The fourth-order valence-electron chi connectivity index (χ4n) is 2.87. The molecule has 0 saturated heterocycles. The first-order valence-corrected chi connectivity index (χ1v) is 8.06. The molecule has 1 atom stereocenters. The minimum atomic E-state index is 0.0830. The van der Waals surface area contributed by atoms with Crippen molar-refractivity contribution in [3.8, 4) is 0 Å². The van der Waals surface area contributed by atoms with Crippen LogP contribution in [0, 0.1) is 0 Å². The molecule has 0 aromatic rings. The van der Waals surface area contributed by atoms with Crippen LogP contribution in [-0.2, 0) is 0 Å². The highest BCUT2D eigenvalue weighted by atomic mass is 15.2. The maximum Gasteiger partial charge on any atom is 0.220 e. The molecule has 0 radical (unpaired) electrons. The Bertz CT molecular complexity index is 416. The second-order valence-corrected chi connectivity index (χ2v) is 6.22. The number of hydrogen-bond acceptors (Lipinski definition) is 3. The van der Waals surface area contributed by atoms with Crippen LogP contribution in [0.15, 0.2) is 21.8 Å². The minimum Gasteiger partial charge on any atom is -0.364 e. The van der Waals surface area contributed by atoms with E-state index in [1.165, 1.54) is 31.4 Å². The number of hydrogen-bond donors (Lipinski definition) is 2. The predicted molar refractivity (Wildman–Crippen MR) is 89.8 cm³/mol. The average molecular weight is 291 g/mol. The molecule has 118 valence electrons. The van der Waals surface area contributed by atoms with Crippen LogP contribution >= 0.6 is 0 Å². The van der Waals surface area contributed by atoms with Crippen molar-refractivity contribution in [3.63, 3.8) is 0 Å². The standard InChI is InChI=1S/C16H29N5/c1-5-10-17-16(20-15-11-12(2)18-15)19-13-6-8-14(9-7-13)21(3)4/h10-11,13-15,18H,5-9H2,1-4H3,(H,19,20). The molecule has 1 aliphatic heterocycles. The molecule has 21 heavy (non-hydrogen) atoms. The second kappa shape index (κ2) is 7.59. The van der Waals surface area contributed by atoms with Gasteiger partial charge in [-0.15, -0.1) is 0 Å². The van der Waals surface area contributed by atoms with Crippen LogP contribution in [0.2, 0.25) is 0 Å². The van der Waals surface area contributed by atoms with Crippen molar-refractivity contribution < 1.29 is 0 Å². The minimum absolute atomic E-state index is 0.0830. The zero-order valence-corrected chi connectivity index (χ0v) is 13.8. The third-order valence-corrected chi connectivity index (χ3v) is 4.20. The van der Waals surface area contributed by atoms with Gasteiger partial charge in [0, 0.05) is 24.0 Å². The van der Waals surface area contributed by atoms with Gasteiger partial charge in [-0.05, 0) is 59.2 Å². The van der Waals surface area contributed by atoms with Crippen LogP contribution in [0.5, 0.6) is 0 Å². The highest BCUT2D eigenvalue weighted by molar-refractivity contribution is 5.88. The topological polar surface area (TPSA) is 52.0 Å². The lowest BCUT2D eigenvalue weighted by Crippen LogP contribution is -2.43. The van der Waals surface area contributed by atoms with Crippen molar-refractivity contribution in [1.82, 2.24) is 15.5 Å². The lowest BCUT2D eigenvalue weighted by Gasteiger charge is -2.33. The van der Waals surface area contributed by atoms with Crippen LogP contribution in [0.25, 0.3) is 0 Å². The molecule has 1 heterocycles. The summed E-state index contributed by atoms with van der Waals surface area (Å²) in [6.45, 7) is 4.14. The number of nitrogens with zero attached hydrogens (tertiary/aromatic N) is 3. The summed E-state index contributed by atoms with van der Waals surface area (Å²) in [5.41, 5.74) is 1.19. The van der Waals surface area contributed by atoms with E-state index in [0.717, 1.165) is 18.4 Å². The van der Waals surface area contributed by atoms with Gasteiger partial charge in [-0.1, -0.05) is 6.92 Å². The zero-order chi connectivity index (χ0) is 15.2. The zero-order valence-electron chi connectivity index (χ0n) is 13.8. The van der Waals surface area contributed by atoms with Crippen molar-refractivity contribution in [2.75, 3.05) is 14.1 Å². The predicted octanol–water partition coefficient (Wildman–Crippen LogP) is 2.12. The van der Waals surface area contributed by atoms with E-state index in [0.29, 0.717) is 6.04 Å². The van der Waals surface area contributed by atoms with Crippen LogP contribution in [0.4, 0.5) is 0 Å². The van der Waals surface area contributed by atoms with Crippen molar-refractivity contribution in [1.29, 1.82) is 0 Å².